The van der Waals surface area contributed by atoms with Crippen molar-refractivity contribution in [1.29, 1.82) is 0 Å². The summed E-state index contributed by atoms with van der Waals surface area (Å²) in [7, 11) is 3.98. The van der Waals surface area contributed by atoms with E-state index in [0.717, 1.165) is 48.6 Å². The second-order valence-corrected chi connectivity index (χ2v) is 10.6. The van der Waals surface area contributed by atoms with E-state index in [0.29, 0.717) is 23.0 Å². The van der Waals surface area contributed by atoms with Gasteiger partial charge in [0.2, 0.25) is 5.91 Å². The van der Waals surface area contributed by atoms with E-state index >= 15 is 0 Å². The molecule has 2 aliphatic carbocycles. The summed E-state index contributed by atoms with van der Waals surface area (Å²) in [6.07, 6.45) is 6.21. The molecule has 1 N–H and O–H groups in total. The summed E-state index contributed by atoms with van der Waals surface area (Å²) >= 11 is 0. The minimum atomic E-state index is -1.15. The number of amides is 1. The zero-order valence-corrected chi connectivity index (χ0v) is 21.7. The number of hydrogen-bond acceptors (Lipinski definition) is 3. The van der Waals surface area contributed by atoms with E-state index in [-0.39, 0.29) is 17.5 Å². The largest absolute Gasteiger partial charge is 0.478 e. The molecule has 3 aromatic carbocycles. The molecule has 0 aliphatic heterocycles. The van der Waals surface area contributed by atoms with Gasteiger partial charge in [-0.15, -0.1) is 0 Å². The molecule has 0 spiro atoms. The van der Waals surface area contributed by atoms with E-state index in [9.17, 15) is 14.0 Å². The first-order chi connectivity index (χ1) is 18.7. The molecule has 6 heteroatoms. The minimum absolute atomic E-state index is 0.163. The van der Waals surface area contributed by atoms with Crippen LogP contribution in [0.15, 0.2) is 72.8 Å². The predicted molar refractivity (Wildman–Crippen MR) is 149 cm³/mol. The van der Waals surface area contributed by atoms with Gasteiger partial charge in [0.25, 0.3) is 0 Å². The second-order valence-electron chi connectivity index (χ2n) is 10.6. The van der Waals surface area contributed by atoms with Crippen molar-refractivity contribution in [2.75, 3.05) is 23.9 Å². The van der Waals surface area contributed by atoms with Crippen LogP contribution in [0.3, 0.4) is 0 Å². The van der Waals surface area contributed by atoms with Gasteiger partial charge in [0.15, 0.2) is 0 Å². The average Bonchev–Trinajstić information content (AvgIpc) is 3.56. The van der Waals surface area contributed by atoms with Crippen LogP contribution in [0.1, 0.15) is 38.2 Å². The summed E-state index contributed by atoms with van der Waals surface area (Å²) in [5.41, 5.74) is 4.34. The molecule has 5 nitrogen and oxygen atoms in total. The van der Waals surface area contributed by atoms with Gasteiger partial charge in [-0.05, 0) is 89.8 Å². The number of carboxylic acid groups (broad SMARTS) is 1. The van der Waals surface area contributed by atoms with Gasteiger partial charge in [0, 0.05) is 37.5 Å². The minimum Gasteiger partial charge on any atom is -0.478 e. The van der Waals surface area contributed by atoms with Crippen LogP contribution in [0.5, 0.6) is 0 Å². The summed E-state index contributed by atoms with van der Waals surface area (Å²) in [4.78, 5) is 28.4. The molecule has 3 aromatic rings. The van der Waals surface area contributed by atoms with E-state index in [1.807, 2.05) is 67.5 Å². The van der Waals surface area contributed by atoms with Crippen molar-refractivity contribution in [3.05, 3.63) is 89.8 Å². The number of carbonyl (C=O) groups is 2. The summed E-state index contributed by atoms with van der Waals surface area (Å²) in [6, 6.07) is 19.8. The summed E-state index contributed by atoms with van der Waals surface area (Å²) in [6.45, 7) is -1.08. The van der Waals surface area contributed by atoms with Crippen molar-refractivity contribution in [2.45, 2.75) is 32.2 Å². The summed E-state index contributed by atoms with van der Waals surface area (Å²) in [5, 5.41) is 9.02. The molecular formula is C32H33FN2O3. The highest BCUT2D eigenvalue weighted by Crippen LogP contribution is 2.49. The molecule has 4 atom stereocenters. The van der Waals surface area contributed by atoms with Crippen LogP contribution in [0.25, 0.3) is 17.2 Å². The van der Waals surface area contributed by atoms with Gasteiger partial charge in [-0.1, -0.05) is 42.8 Å². The van der Waals surface area contributed by atoms with E-state index in [4.69, 9.17) is 6.48 Å². The molecule has 2 bridgehead atoms. The maximum Gasteiger partial charge on any atom is 0.328 e. The fraction of sp³-hybridized carbons (Fsp3) is 0.312. The number of fused-ring (bicyclic) bond motifs is 2. The highest BCUT2D eigenvalue weighted by molar-refractivity contribution is 5.96. The molecule has 196 valence electrons. The maximum atomic E-state index is 14.7. The third-order valence-corrected chi connectivity index (χ3v) is 7.80. The van der Waals surface area contributed by atoms with Crippen molar-refractivity contribution in [3.8, 4) is 11.1 Å². The van der Waals surface area contributed by atoms with Crippen molar-refractivity contribution < 1.29 is 20.5 Å². The van der Waals surface area contributed by atoms with Crippen molar-refractivity contribution >= 4 is 29.3 Å². The number of carbonyl (C=O) groups excluding carboxylic acids is 1. The molecule has 0 aromatic heterocycles. The smallest absolute Gasteiger partial charge is 0.328 e. The van der Waals surface area contributed by atoms with E-state index in [1.165, 1.54) is 23.1 Å². The molecular weight excluding hydrogens is 479 g/mol. The third kappa shape index (κ3) is 5.64. The third-order valence-electron chi connectivity index (χ3n) is 7.80. The standard InChI is InChI=1S/C32H33FN2O3/c1-34(2)28-12-10-25(11-13-28)24-7-3-21(4-8-24)20-35(32(38)30-18-22-5-9-26(30)15-22)29-17-23(6-14-31(36)37)16-27(33)19-29/h3-4,6-8,10-14,16-17,19,22,26,30H,5,9,15,18,20H2,1-2H3,(H,36,37)/b14-6+/t22-,26+,30-/m0/s1/i20D/t20-,22+,26-,30+/m1. The Morgan fingerprint density at radius 3 is 2.24 bits per heavy atom. The quantitative estimate of drug-likeness (QED) is 0.344. The lowest BCUT2D eigenvalue weighted by molar-refractivity contribution is -0.131. The van der Waals surface area contributed by atoms with Gasteiger partial charge in [-0.3, -0.25) is 4.79 Å². The van der Waals surface area contributed by atoms with Crippen LogP contribution >= 0.6 is 0 Å². The predicted octanol–water partition coefficient (Wildman–Crippen LogP) is 6.63. The Balaban J connectivity index is 1.48. The molecule has 1 amide bonds. The number of anilines is 2. The molecule has 0 radical (unpaired) electrons. The fourth-order valence-electron chi connectivity index (χ4n) is 5.85. The number of carboxylic acids is 1. The lowest BCUT2D eigenvalue weighted by atomic mass is 9.87. The first-order valence-corrected chi connectivity index (χ1v) is 13.0. The summed E-state index contributed by atoms with van der Waals surface area (Å²) in [5.74, 6) is -1.26. The van der Waals surface area contributed by atoms with Crippen LogP contribution in [0.2, 0.25) is 0 Å². The molecule has 2 aliphatic rings. The Labute approximate surface area is 224 Å². The SMILES string of the molecule is [2H][C@H](c1ccc(-c2ccc(N(C)C)cc2)cc1)N(C(=O)[C@H]1C[C@H]2CC[C@@H]1C2)c1cc(F)cc(/C=C/C(=O)O)c1. The molecule has 2 fully saturated rings. The topological polar surface area (TPSA) is 60.9 Å². The second kappa shape index (κ2) is 10.8. The molecule has 5 rings (SSSR count). The van der Waals surface area contributed by atoms with Crippen LogP contribution in [-0.4, -0.2) is 31.1 Å². The lowest BCUT2D eigenvalue weighted by Gasteiger charge is -2.30. The number of nitrogens with zero attached hydrogens (tertiary/aromatic N) is 2. The maximum absolute atomic E-state index is 14.7. The Kier molecular flexibility index (Phi) is 6.95. The molecule has 0 heterocycles. The van der Waals surface area contributed by atoms with E-state index in [2.05, 4.69) is 0 Å². The Morgan fingerprint density at radius 1 is 0.974 bits per heavy atom. The zero-order chi connectivity index (χ0) is 27.7. The number of aliphatic carboxylic acids is 1. The zero-order valence-electron chi connectivity index (χ0n) is 22.7. The molecule has 2 saturated carbocycles. The highest BCUT2D eigenvalue weighted by atomic mass is 19.1. The Hall–Kier alpha value is -3.93. The van der Waals surface area contributed by atoms with Gasteiger partial charge in [0.1, 0.15) is 5.82 Å². The number of halogens is 1. The first-order valence-electron chi connectivity index (χ1n) is 13.6. The average molecular weight is 514 g/mol. The molecule has 38 heavy (non-hydrogen) atoms. The number of benzene rings is 3. The summed E-state index contributed by atoms with van der Waals surface area (Å²) < 4.78 is 23.9. The van der Waals surface area contributed by atoms with Crippen LogP contribution in [0.4, 0.5) is 15.8 Å². The van der Waals surface area contributed by atoms with Crippen LogP contribution in [0, 0.1) is 23.6 Å². The van der Waals surface area contributed by atoms with Crippen LogP contribution < -0.4 is 9.80 Å². The van der Waals surface area contributed by atoms with Crippen molar-refractivity contribution in [2.24, 2.45) is 17.8 Å². The molecule has 0 unspecified atom stereocenters. The number of hydrogen-bond donors (Lipinski definition) is 1. The highest BCUT2D eigenvalue weighted by Gasteiger charge is 2.44. The monoisotopic (exact) mass is 513 g/mol. The van der Waals surface area contributed by atoms with Gasteiger partial charge < -0.3 is 14.9 Å². The molecule has 0 saturated heterocycles. The first kappa shape index (κ1) is 24.4. The van der Waals surface area contributed by atoms with Gasteiger partial charge >= 0.3 is 5.97 Å². The Bertz CT molecular complexity index is 1390. The van der Waals surface area contributed by atoms with Crippen molar-refractivity contribution in [3.63, 3.8) is 0 Å². The van der Waals surface area contributed by atoms with Gasteiger partial charge in [-0.2, -0.15) is 0 Å². The Morgan fingerprint density at radius 2 is 1.66 bits per heavy atom. The fourth-order valence-corrected chi connectivity index (χ4v) is 5.85. The van der Waals surface area contributed by atoms with Gasteiger partial charge in [-0.25, -0.2) is 9.18 Å². The lowest BCUT2D eigenvalue weighted by Crippen LogP contribution is -2.38. The van der Waals surface area contributed by atoms with E-state index in [1.54, 1.807) is 6.07 Å². The van der Waals surface area contributed by atoms with Crippen molar-refractivity contribution in [1.82, 2.24) is 0 Å². The number of rotatable bonds is 8. The van der Waals surface area contributed by atoms with E-state index < -0.39 is 18.3 Å². The van der Waals surface area contributed by atoms with Gasteiger partial charge in [0.05, 0.1) is 7.89 Å². The normalized spacial score (nSPS) is 21.3. The van der Waals surface area contributed by atoms with Crippen LogP contribution in [-0.2, 0) is 16.1 Å².